The molecule has 0 saturated heterocycles. The van der Waals surface area contributed by atoms with Gasteiger partial charge in [0.25, 0.3) is 0 Å². The number of carbonyl (C=O) groups is 1. The van der Waals surface area contributed by atoms with E-state index >= 15 is 0 Å². The molecule has 23 heavy (non-hydrogen) atoms. The molecule has 4 aliphatic rings. The number of amides is 1. The first-order valence-corrected chi connectivity index (χ1v) is 8.12. The van der Waals surface area contributed by atoms with Crippen LogP contribution >= 0.6 is 0 Å². The number of aromatic nitrogens is 2. The second-order valence-electron chi connectivity index (χ2n) is 6.91. The van der Waals surface area contributed by atoms with Gasteiger partial charge in [-0.05, 0) is 49.1 Å². The van der Waals surface area contributed by atoms with Crippen LogP contribution in [0.4, 0.5) is 5.95 Å². The van der Waals surface area contributed by atoms with Gasteiger partial charge in [0.15, 0.2) is 5.75 Å². The zero-order valence-corrected chi connectivity index (χ0v) is 12.6. The highest BCUT2D eigenvalue weighted by Gasteiger charge is 2.77. The minimum Gasteiger partial charge on any atom is -0.454 e. The summed E-state index contributed by atoms with van der Waals surface area (Å²) in [4.78, 5) is 21.0. The van der Waals surface area contributed by atoms with E-state index in [1.807, 2.05) is 30.3 Å². The molecule has 0 radical (unpaired) electrons. The molecule has 116 valence electrons. The molecule has 0 spiro atoms. The lowest BCUT2D eigenvalue weighted by atomic mass is 10.0. The van der Waals surface area contributed by atoms with Crippen molar-refractivity contribution in [2.45, 2.75) is 19.3 Å². The van der Waals surface area contributed by atoms with E-state index in [1.165, 1.54) is 12.8 Å². The average molecular weight is 307 g/mol. The number of benzene rings is 1. The zero-order chi connectivity index (χ0) is 15.4. The molecule has 4 aliphatic carbocycles. The molecule has 1 amide bonds. The van der Waals surface area contributed by atoms with Gasteiger partial charge in [-0.2, -0.15) is 0 Å². The topological polar surface area (TPSA) is 64.1 Å². The van der Waals surface area contributed by atoms with Crippen molar-refractivity contribution < 1.29 is 9.53 Å². The lowest BCUT2D eigenvalue weighted by molar-refractivity contribution is -0.121. The van der Waals surface area contributed by atoms with Gasteiger partial charge in [0.1, 0.15) is 5.75 Å². The van der Waals surface area contributed by atoms with Crippen LogP contribution in [0.5, 0.6) is 11.5 Å². The number of carbonyl (C=O) groups excluding carboxylic acids is 1. The van der Waals surface area contributed by atoms with E-state index in [0.717, 1.165) is 18.1 Å². The predicted molar refractivity (Wildman–Crippen MR) is 83.9 cm³/mol. The summed E-state index contributed by atoms with van der Waals surface area (Å²) in [6.45, 7) is 0. The number of nitrogens with zero attached hydrogens (tertiary/aromatic N) is 2. The Hall–Kier alpha value is -2.43. The van der Waals surface area contributed by atoms with E-state index in [1.54, 1.807) is 12.4 Å². The third-order valence-corrected chi connectivity index (χ3v) is 5.76. The van der Waals surface area contributed by atoms with Crippen LogP contribution in [0.1, 0.15) is 19.3 Å². The van der Waals surface area contributed by atoms with Crippen LogP contribution in [-0.2, 0) is 4.79 Å². The highest BCUT2D eigenvalue weighted by Crippen LogP contribution is 2.79. The summed E-state index contributed by atoms with van der Waals surface area (Å²) in [6.07, 6.45) is 6.72. The molecule has 4 fully saturated rings. The highest BCUT2D eigenvalue weighted by molar-refractivity contribution is 5.97. The van der Waals surface area contributed by atoms with Crippen LogP contribution < -0.4 is 10.1 Å². The molecule has 6 rings (SSSR count). The predicted octanol–water partition coefficient (Wildman–Crippen LogP) is 3.25. The second kappa shape index (κ2) is 4.54. The lowest BCUT2D eigenvalue weighted by Gasteiger charge is -2.11. The smallest absolute Gasteiger partial charge is 0.233 e. The van der Waals surface area contributed by atoms with Crippen LogP contribution in [-0.4, -0.2) is 15.9 Å². The number of nitrogens with one attached hydrogen (secondary N) is 1. The van der Waals surface area contributed by atoms with Gasteiger partial charge in [0.2, 0.25) is 11.9 Å². The number of ether oxygens (including phenoxy) is 1. The number of hydrogen-bond acceptors (Lipinski definition) is 4. The van der Waals surface area contributed by atoms with Crippen LogP contribution in [0.15, 0.2) is 42.7 Å². The lowest BCUT2D eigenvalue weighted by Crippen LogP contribution is -2.25. The van der Waals surface area contributed by atoms with E-state index < -0.39 is 0 Å². The maximum absolute atomic E-state index is 12.6. The standard InChI is InChI=1S/C18H17N3O2/c22-16(18-8-11-6-14(18)15(18)7-11)21-17-19-9-13(10-20-17)23-12-4-2-1-3-5-12/h1-5,9-11,14-15H,6-8H2,(H,19,20,21,22). The average Bonchev–Trinajstić information content (AvgIpc) is 3.03. The Labute approximate surface area is 134 Å². The molecule has 1 aromatic carbocycles. The molecule has 0 aliphatic heterocycles. The van der Waals surface area contributed by atoms with Gasteiger partial charge in [-0.15, -0.1) is 0 Å². The summed E-state index contributed by atoms with van der Waals surface area (Å²) in [5, 5.41) is 2.90. The normalized spacial score (nSPS) is 32.6. The molecule has 2 atom stereocenters. The fraction of sp³-hybridized carbons (Fsp3) is 0.389. The molecule has 5 heteroatoms. The fourth-order valence-electron chi connectivity index (χ4n) is 4.82. The molecule has 4 bridgehead atoms. The molecule has 1 N–H and O–H groups in total. The van der Waals surface area contributed by atoms with E-state index in [0.29, 0.717) is 23.5 Å². The van der Waals surface area contributed by atoms with Crippen molar-refractivity contribution in [3.05, 3.63) is 42.7 Å². The third kappa shape index (κ3) is 1.89. The first-order chi connectivity index (χ1) is 11.3. The molecule has 2 unspecified atom stereocenters. The third-order valence-electron chi connectivity index (χ3n) is 5.76. The minimum atomic E-state index is -0.0900. The van der Waals surface area contributed by atoms with Crippen molar-refractivity contribution in [2.75, 3.05) is 5.32 Å². The molecule has 1 aromatic heterocycles. The van der Waals surface area contributed by atoms with Gasteiger partial charge >= 0.3 is 0 Å². The van der Waals surface area contributed by atoms with E-state index in [4.69, 9.17) is 4.74 Å². The maximum Gasteiger partial charge on any atom is 0.233 e. The van der Waals surface area contributed by atoms with Crippen molar-refractivity contribution in [3.8, 4) is 11.5 Å². The first kappa shape index (κ1) is 13.0. The minimum absolute atomic E-state index is 0.0900. The summed E-state index contributed by atoms with van der Waals surface area (Å²) in [6, 6.07) is 9.48. The number of hydrogen-bond donors (Lipinski definition) is 1. The van der Waals surface area contributed by atoms with Gasteiger partial charge in [-0.1, -0.05) is 18.2 Å². The van der Waals surface area contributed by atoms with Gasteiger partial charge in [-0.25, -0.2) is 9.97 Å². The molecular formula is C18H17N3O2. The Bertz CT molecular complexity index is 748. The molecule has 4 saturated carbocycles. The summed E-state index contributed by atoms with van der Waals surface area (Å²) in [5.74, 6) is 3.78. The first-order valence-electron chi connectivity index (χ1n) is 8.12. The molecule has 2 aromatic rings. The number of rotatable bonds is 4. The number of anilines is 1. The maximum atomic E-state index is 12.6. The zero-order valence-electron chi connectivity index (χ0n) is 12.6. The summed E-state index contributed by atoms with van der Waals surface area (Å²) in [7, 11) is 0. The van der Waals surface area contributed by atoms with Crippen LogP contribution in [0.3, 0.4) is 0 Å². The Balaban J connectivity index is 1.27. The van der Waals surface area contributed by atoms with Gasteiger partial charge in [-0.3, -0.25) is 10.1 Å². The largest absolute Gasteiger partial charge is 0.454 e. The highest BCUT2D eigenvalue weighted by atomic mass is 16.5. The van der Waals surface area contributed by atoms with Gasteiger partial charge in [0, 0.05) is 0 Å². The van der Waals surface area contributed by atoms with Crippen molar-refractivity contribution in [1.82, 2.24) is 9.97 Å². The SMILES string of the molecule is O=C(Nc1ncc(Oc2ccccc2)cn1)C12CC3CC1C2C3. The Morgan fingerprint density at radius 3 is 2.39 bits per heavy atom. The van der Waals surface area contributed by atoms with Crippen molar-refractivity contribution in [3.63, 3.8) is 0 Å². The molecular weight excluding hydrogens is 290 g/mol. The summed E-state index contributed by atoms with van der Waals surface area (Å²) in [5.41, 5.74) is -0.0900. The summed E-state index contributed by atoms with van der Waals surface area (Å²) < 4.78 is 5.65. The van der Waals surface area contributed by atoms with Crippen molar-refractivity contribution in [1.29, 1.82) is 0 Å². The van der Waals surface area contributed by atoms with Crippen molar-refractivity contribution in [2.24, 2.45) is 23.2 Å². The Morgan fingerprint density at radius 2 is 1.78 bits per heavy atom. The monoisotopic (exact) mass is 307 g/mol. The Morgan fingerprint density at radius 1 is 1.09 bits per heavy atom. The van der Waals surface area contributed by atoms with Crippen LogP contribution in [0, 0.1) is 23.2 Å². The second-order valence-corrected chi connectivity index (χ2v) is 6.91. The van der Waals surface area contributed by atoms with E-state index in [9.17, 15) is 4.79 Å². The number of para-hydroxylation sites is 1. The van der Waals surface area contributed by atoms with E-state index in [-0.39, 0.29) is 11.3 Å². The van der Waals surface area contributed by atoms with Crippen LogP contribution in [0.25, 0.3) is 0 Å². The Kier molecular flexibility index (Phi) is 2.57. The van der Waals surface area contributed by atoms with Crippen LogP contribution in [0.2, 0.25) is 0 Å². The molecule has 1 heterocycles. The van der Waals surface area contributed by atoms with Gasteiger partial charge < -0.3 is 4.74 Å². The van der Waals surface area contributed by atoms with Gasteiger partial charge in [0.05, 0.1) is 17.8 Å². The van der Waals surface area contributed by atoms with E-state index in [2.05, 4.69) is 15.3 Å². The van der Waals surface area contributed by atoms with Crippen molar-refractivity contribution >= 4 is 11.9 Å². The fourth-order valence-corrected chi connectivity index (χ4v) is 4.82. The summed E-state index contributed by atoms with van der Waals surface area (Å²) >= 11 is 0. The molecule has 5 nitrogen and oxygen atoms in total. The quantitative estimate of drug-likeness (QED) is 0.941.